The summed E-state index contributed by atoms with van der Waals surface area (Å²) in [4.78, 5) is 37.9. The largest absolute Gasteiger partial charge is 0.449 e. The van der Waals surface area contributed by atoms with Crippen LogP contribution in [0.1, 0.15) is 35.3 Å². The van der Waals surface area contributed by atoms with Crippen LogP contribution in [0.25, 0.3) is 0 Å². The third-order valence-corrected chi connectivity index (χ3v) is 4.49. The second-order valence-corrected chi connectivity index (χ2v) is 6.59. The lowest BCUT2D eigenvalue weighted by molar-refractivity contribution is -0.140. The lowest BCUT2D eigenvalue weighted by Gasteiger charge is -2.30. The van der Waals surface area contributed by atoms with Crippen molar-refractivity contribution in [2.24, 2.45) is 0 Å². The summed E-state index contributed by atoms with van der Waals surface area (Å²) in [7, 11) is 0. The van der Waals surface area contributed by atoms with E-state index in [9.17, 15) is 14.4 Å². The molecule has 0 aliphatic carbocycles. The van der Waals surface area contributed by atoms with Gasteiger partial charge in [-0.05, 0) is 42.7 Å². The molecule has 0 saturated carbocycles. The average molecular weight is 366 g/mol. The van der Waals surface area contributed by atoms with Crippen LogP contribution in [0.15, 0.2) is 48.5 Å². The van der Waals surface area contributed by atoms with E-state index < -0.39 is 12.1 Å². The van der Waals surface area contributed by atoms with Crippen LogP contribution in [0.4, 0.5) is 5.69 Å². The number of nitrogens with zero attached hydrogens (tertiary/aromatic N) is 1. The first-order valence-corrected chi connectivity index (χ1v) is 8.88. The quantitative estimate of drug-likeness (QED) is 0.845. The predicted molar refractivity (Wildman–Crippen MR) is 101 cm³/mol. The Hall–Kier alpha value is -3.15. The Balaban J connectivity index is 1.63. The molecule has 0 fully saturated rings. The van der Waals surface area contributed by atoms with Crippen LogP contribution < -0.4 is 5.32 Å². The van der Waals surface area contributed by atoms with Crippen molar-refractivity contribution in [2.75, 3.05) is 11.9 Å². The first-order valence-electron chi connectivity index (χ1n) is 8.88. The van der Waals surface area contributed by atoms with Crippen LogP contribution in [0.5, 0.6) is 0 Å². The SMILES string of the molecule is CC(=O)Nc1cccc(C(=O)O[C@@H](C)C(=O)N2CCc3ccccc3C2)c1. The summed E-state index contributed by atoms with van der Waals surface area (Å²) in [6.07, 6.45) is -0.0892. The topological polar surface area (TPSA) is 75.7 Å². The van der Waals surface area contributed by atoms with Gasteiger partial charge >= 0.3 is 5.97 Å². The van der Waals surface area contributed by atoms with Crippen molar-refractivity contribution in [3.8, 4) is 0 Å². The minimum absolute atomic E-state index is 0.212. The molecule has 1 aliphatic heterocycles. The van der Waals surface area contributed by atoms with Gasteiger partial charge in [0.1, 0.15) is 0 Å². The molecule has 1 aliphatic rings. The van der Waals surface area contributed by atoms with E-state index in [1.54, 1.807) is 30.0 Å². The zero-order valence-electron chi connectivity index (χ0n) is 15.4. The zero-order chi connectivity index (χ0) is 19.4. The lowest BCUT2D eigenvalue weighted by atomic mass is 9.99. The van der Waals surface area contributed by atoms with Gasteiger partial charge in [0.2, 0.25) is 5.91 Å². The average Bonchev–Trinajstić information content (AvgIpc) is 2.66. The number of amides is 2. The van der Waals surface area contributed by atoms with E-state index in [0.717, 1.165) is 12.0 Å². The minimum atomic E-state index is -0.882. The molecule has 2 aromatic rings. The van der Waals surface area contributed by atoms with Crippen LogP contribution in [0.3, 0.4) is 0 Å². The number of hydrogen-bond donors (Lipinski definition) is 1. The van der Waals surface area contributed by atoms with Gasteiger partial charge in [0, 0.05) is 25.7 Å². The van der Waals surface area contributed by atoms with E-state index in [4.69, 9.17) is 4.74 Å². The Bertz CT molecular complexity index is 878. The number of benzene rings is 2. The Kier molecular flexibility index (Phi) is 5.54. The fourth-order valence-corrected chi connectivity index (χ4v) is 3.15. The summed E-state index contributed by atoms with van der Waals surface area (Å²) in [6, 6.07) is 14.5. The molecule has 1 atom stereocenters. The normalized spacial score (nSPS) is 14.1. The molecule has 2 aromatic carbocycles. The van der Waals surface area contributed by atoms with E-state index in [1.165, 1.54) is 18.6 Å². The highest BCUT2D eigenvalue weighted by molar-refractivity contribution is 5.95. The second-order valence-electron chi connectivity index (χ2n) is 6.59. The molecule has 0 saturated heterocycles. The first-order chi connectivity index (χ1) is 12.9. The highest BCUT2D eigenvalue weighted by Gasteiger charge is 2.27. The maximum atomic E-state index is 12.7. The van der Waals surface area contributed by atoms with Crippen molar-refractivity contribution < 1.29 is 19.1 Å². The van der Waals surface area contributed by atoms with E-state index in [-0.39, 0.29) is 17.4 Å². The number of hydrogen-bond acceptors (Lipinski definition) is 4. The van der Waals surface area contributed by atoms with E-state index in [1.807, 2.05) is 18.2 Å². The first kappa shape index (κ1) is 18.6. The van der Waals surface area contributed by atoms with Gasteiger partial charge in [-0.1, -0.05) is 30.3 Å². The van der Waals surface area contributed by atoms with E-state index >= 15 is 0 Å². The number of carbonyl (C=O) groups excluding carboxylic acids is 3. The van der Waals surface area contributed by atoms with Gasteiger partial charge in [0.05, 0.1) is 5.56 Å². The molecule has 0 unspecified atom stereocenters. The van der Waals surface area contributed by atoms with Crippen molar-refractivity contribution in [3.63, 3.8) is 0 Å². The van der Waals surface area contributed by atoms with Crippen LogP contribution in [-0.2, 0) is 27.3 Å². The van der Waals surface area contributed by atoms with Gasteiger partial charge in [-0.25, -0.2) is 4.79 Å². The highest BCUT2D eigenvalue weighted by Crippen LogP contribution is 2.20. The molecule has 1 heterocycles. The van der Waals surface area contributed by atoms with Crippen molar-refractivity contribution in [1.82, 2.24) is 4.90 Å². The van der Waals surface area contributed by atoms with Gasteiger partial charge in [-0.3, -0.25) is 9.59 Å². The summed E-state index contributed by atoms with van der Waals surface area (Å²) in [5, 5.41) is 2.62. The van der Waals surface area contributed by atoms with Gasteiger partial charge in [-0.2, -0.15) is 0 Å². The van der Waals surface area contributed by atoms with Crippen LogP contribution in [-0.4, -0.2) is 35.3 Å². The molecular formula is C21H22N2O4. The molecule has 6 heteroatoms. The summed E-state index contributed by atoms with van der Waals surface area (Å²) >= 11 is 0. The fraction of sp³-hybridized carbons (Fsp3) is 0.286. The number of anilines is 1. The highest BCUT2D eigenvalue weighted by atomic mass is 16.5. The molecule has 0 bridgehead atoms. The molecule has 140 valence electrons. The molecular weight excluding hydrogens is 344 g/mol. The number of fused-ring (bicyclic) bond motifs is 1. The zero-order valence-corrected chi connectivity index (χ0v) is 15.4. The summed E-state index contributed by atoms with van der Waals surface area (Å²) in [5.74, 6) is -1.04. The second kappa shape index (κ2) is 8.03. The summed E-state index contributed by atoms with van der Waals surface area (Å²) in [6.45, 7) is 4.10. The Labute approximate surface area is 158 Å². The third kappa shape index (κ3) is 4.53. The summed E-state index contributed by atoms with van der Waals surface area (Å²) in [5.41, 5.74) is 3.16. The number of esters is 1. The number of rotatable bonds is 4. The smallest absolute Gasteiger partial charge is 0.338 e. The number of carbonyl (C=O) groups is 3. The molecule has 0 spiro atoms. The predicted octanol–water partition coefficient (Wildman–Crippen LogP) is 2.78. The molecule has 0 radical (unpaired) electrons. The Morgan fingerprint density at radius 1 is 1.07 bits per heavy atom. The van der Waals surface area contributed by atoms with Gasteiger partial charge in [0.15, 0.2) is 6.10 Å². The third-order valence-electron chi connectivity index (χ3n) is 4.49. The number of nitrogens with one attached hydrogen (secondary N) is 1. The maximum Gasteiger partial charge on any atom is 0.338 e. The van der Waals surface area contributed by atoms with Crippen LogP contribution >= 0.6 is 0 Å². The van der Waals surface area contributed by atoms with Crippen molar-refractivity contribution in [3.05, 3.63) is 65.2 Å². The fourth-order valence-electron chi connectivity index (χ4n) is 3.15. The molecule has 1 N–H and O–H groups in total. The molecule has 6 nitrogen and oxygen atoms in total. The van der Waals surface area contributed by atoms with Crippen molar-refractivity contribution >= 4 is 23.5 Å². The van der Waals surface area contributed by atoms with E-state index in [0.29, 0.717) is 18.8 Å². The minimum Gasteiger partial charge on any atom is -0.449 e. The summed E-state index contributed by atoms with van der Waals surface area (Å²) < 4.78 is 5.36. The van der Waals surface area contributed by atoms with Gasteiger partial charge in [0.25, 0.3) is 5.91 Å². The molecule has 0 aromatic heterocycles. The van der Waals surface area contributed by atoms with Gasteiger partial charge < -0.3 is 15.0 Å². The monoisotopic (exact) mass is 366 g/mol. The Morgan fingerprint density at radius 3 is 2.56 bits per heavy atom. The molecule has 3 rings (SSSR count). The maximum absolute atomic E-state index is 12.7. The lowest BCUT2D eigenvalue weighted by Crippen LogP contribution is -2.42. The standard InChI is InChI=1S/C21H22N2O4/c1-14(20(25)23-11-10-16-6-3-4-7-18(16)13-23)27-21(26)17-8-5-9-19(12-17)22-15(2)24/h3-9,12,14H,10-11,13H2,1-2H3,(H,22,24)/t14-/m0/s1. The van der Waals surface area contributed by atoms with Crippen molar-refractivity contribution in [1.29, 1.82) is 0 Å². The van der Waals surface area contributed by atoms with E-state index in [2.05, 4.69) is 11.4 Å². The molecule has 27 heavy (non-hydrogen) atoms. The van der Waals surface area contributed by atoms with Gasteiger partial charge in [-0.15, -0.1) is 0 Å². The van der Waals surface area contributed by atoms with Crippen LogP contribution in [0.2, 0.25) is 0 Å². The Morgan fingerprint density at radius 2 is 1.81 bits per heavy atom. The number of ether oxygens (including phenoxy) is 1. The van der Waals surface area contributed by atoms with Crippen molar-refractivity contribution in [2.45, 2.75) is 32.9 Å². The molecule has 2 amide bonds. The van der Waals surface area contributed by atoms with Crippen LogP contribution in [0, 0.1) is 0 Å².